The number of nitriles is 1. The van der Waals surface area contributed by atoms with E-state index < -0.39 is 35.4 Å². The number of thioether (sulfide) groups is 1. The second-order valence-corrected chi connectivity index (χ2v) is 11.5. The van der Waals surface area contributed by atoms with Crippen LogP contribution in [0.2, 0.25) is 10.0 Å². The second-order valence-electron chi connectivity index (χ2n) is 9.44. The van der Waals surface area contributed by atoms with Crippen molar-refractivity contribution < 1.29 is 28.7 Å². The first-order valence-corrected chi connectivity index (χ1v) is 14.7. The van der Waals surface area contributed by atoms with Gasteiger partial charge in [0.05, 0.1) is 39.9 Å². The Morgan fingerprint density at radius 3 is 2.52 bits per heavy atom. The number of ketones is 1. The van der Waals surface area contributed by atoms with Crippen molar-refractivity contribution in [2.24, 2.45) is 0 Å². The quantitative estimate of drug-likeness (QED) is 0.115. The summed E-state index contributed by atoms with van der Waals surface area (Å²) in [7, 11) is 1.56. The number of amides is 2. The number of aromatic nitrogens is 1. The number of benzene rings is 3. The molecule has 1 aromatic heterocycles. The molecule has 0 saturated carbocycles. The summed E-state index contributed by atoms with van der Waals surface area (Å²) in [5.74, 6) is -1.54. The van der Waals surface area contributed by atoms with Crippen molar-refractivity contribution >= 4 is 64.2 Å². The van der Waals surface area contributed by atoms with Crippen LogP contribution in [0.4, 0.5) is 5.69 Å². The molecule has 4 aromatic rings. The fourth-order valence-electron chi connectivity index (χ4n) is 4.42. The fraction of sp³-hybridized carbons (Fsp3) is 0.125. The third kappa shape index (κ3) is 6.60. The maximum Gasteiger partial charge on any atom is 0.338 e. The number of esters is 1. The van der Waals surface area contributed by atoms with Gasteiger partial charge >= 0.3 is 5.97 Å². The molecule has 2 heterocycles. The zero-order valence-corrected chi connectivity index (χ0v) is 25.3. The second kappa shape index (κ2) is 13.3. The molecule has 0 radical (unpaired) electrons. The third-order valence-corrected chi connectivity index (χ3v) is 8.37. The van der Waals surface area contributed by atoms with Crippen LogP contribution in [0.3, 0.4) is 0 Å². The predicted octanol–water partition coefficient (Wildman–Crippen LogP) is 6.40. The number of anilines is 1. The van der Waals surface area contributed by atoms with Crippen molar-refractivity contribution in [1.29, 1.82) is 5.26 Å². The molecule has 0 N–H and O–H groups in total. The maximum atomic E-state index is 13.3. The van der Waals surface area contributed by atoms with Crippen LogP contribution < -0.4 is 9.64 Å². The summed E-state index contributed by atoms with van der Waals surface area (Å²) in [6.45, 7) is -0.540. The number of rotatable bonds is 9. The molecular weight excluding hydrogens is 625 g/mol. The van der Waals surface area contributed by atoms with Gasteiger partial charge in [-0.15, -0.1) is 0 Å². The minimum Gasteiger partial charge on any atom is -0.497 e. The number of imide groups is 1. The lowest BCUT2D eigenvalue weighted by Gasteiger charge is -2.15. The molecule has 3 aromatic carbocycles. The highest BCUT2D eigenvalue weighted by Crippen LogP contribution is 2.36. The summed E-state index contributed by atoms with van der Waals surface area (Å²) in [6.07, 6.45) is -0.0986. The third-order valence-electron chi connectivity index (χ3n) is 6.63. The standard InChI is InChI=1S/C32H21Cl2N3O6S/c1-42-23-4-2-3-19(13-23)26-12-7-20(16-35)30(36-26)44-28-15-29(39)37(31(28)40)22-9-5-18(6-10-22)32(41)43-17-27(38)24-11-8-21(33)14-25(24)34/h2-14,28H,15,17H2,1H3. The number of carbonyl (C=O) groups excluding carboxylic acids is 4. The molecule has 1 aliphatic rings. The van der Waals surface area contributed by atoms with Crippen LogP contribution in [-0.4, -0.2) is 47.5 Å². The minimum atomic E-state index is -0.807. The number of Topliss-reactive ketones (excluding diaryl/α,β-unsaturated/α-hetero) is 1. The Hall–Kier alpha value is -4.69. The van der Waals surface area contributed by atoms with E-state index in [9.17, 15) is 24.4 Å². The largest absolute Gasteiger partial charge is 0.497 e. The first-order chi connectivity index (χ1) is 21.2. The molecule has 1 unspecified atom stereocenters. The fourth-order valence-corrected chi connectivity index (χ4v) is 6.02. The first-order valence-electron chi connectivity index (χ1n) is 13.0. The number of hydrogen-bond acceptors (Lipinski definition) is 9. The van der Waals surface area contributed by atoms with Crippen LogP contribution in [-0.2, 0) is 14.3 Å². The topological polar surface area (TPSA) is 127 Å². The number of ether oxygens (including phenoxy) is 2. The van der Waals surface area contributed by atoms with E-state index in [0.29, 0.717) is 21.5 Å². The SMILES string of the molecule is COc1cccc(-c2ccc(C#N)c(SC3CC(=O)N(c4ccc(C(=O)OCC(=O)c5ccc(Cl)cc5Cl)cc4)C3=O)n2)c1. The number of nitrogens with zero attached hydrogens (tertiary/aromatic N) is 3. The van der Waals surface area contributed by atoms with Gasteiger partial charge in [-0.05, 0) is 66.7 Å². The number of carbonyl (C=O) groups is 4. The highest BCUT2D eigenvalue weighted by molar-refractivity contribution is 8.00. The maximum absolute atomic E-state index is 13.3. The number of hydrogen-bond donors (Lipinski definition) is 0. The van der Waals surface area contributed by atoms with Gasteiger partial charge in [-0.25, -0.2) is 14.7 Å². The van der Waals surface area contributed by atoms with Crippen molar-refractivity contribution in [3.05, 3.63) is 106 Å². The summed E-state index contributed by atoms with van der Waals surface area (Å²) in [6, 6.07) is 22.7. The molecule has 1 fully saturated rings. The van der Waals surface area contributed by atoms with E-state index in [1.54, 1.807) is 31.4 Å². The van der Waals surface area contributed by atoms with E-state index in [4.69, 9.17) is 32.7 Å². The molecule has 0 spiro atoms. The highest BCUT2D eigenvalue weighted by atomic mass is 35.5. The molecule has 44 heavy (non-hydrogen) atoms. The Morgan fingerprint density at radius 2 is 1.82 bits per heavy atom. The predicted molar refractivity (Wildman–Crippen MR) is 165 cm³/mol. The normalized spacial score (nSPS) is 14.3. The van der Waals surface area contributed by atoms with Crippen molar-refractivity contribution in [2.45, 2.75) is 16.7 Å². The van der Waals surface area contributed by atoms with Crippen molar-refractivity contribution in [2.75, 3.05) is 18.6 Å². The molecule has 5 rings (SSSR count). The van der Waals surface area contributed by atoms with Gasteiger partial charge < -0.3 is 9.47 Å². The van der Waals surface area contributed by atoms with Gasteiger partial charge in [0.15, 0.2) is 6.61 Å². The Labute approximate surface area is 266 Å². The zero-order valence-electron chi connectivity index (χ0n) is 23.0. The van der Waals surface area contributed by atoms with Crippen LogP contribution in [0.15, 0.2) is 83.9 Å². The van der Waals surface area contributed by atoms with Crippen LogP contribution in [0.5, 0.6) is 5.75 Å². The van der Waals surface area contributed by atoms with E-state index >= 15 is 0 Å². The van der Waals surface area contributed by atoms with Crippen molar-refractivity contribution in [3.63, 3.8) is 0 Å². The molecule has 2 amide bonds. The van der Waals surface area contributed by atoms with Crippen LogP contribution in [0.1, 0.15) is 32.7 Å². The molecule has 1 saturated heterocycles. The van der Waals surface area contributed by atoms with E-state index in [0.717, 1.165) is 22.2 Å². The van der Waals surface area contributed by atoms with E-state index in [1.807, 2.05) is 12.1 Å². The molecule has 12 heteroatoms. The van der Waals surface area contributed by atoms with Gasteiger partial charge in [-0.1, -0.05) is 47.1 Å². The Balaban J connectivity index is 1.26. The average molecular weight is 647 g/mol. The van der Waals surface area contributed by atoms with Gasteiger partial charge in [-0.2, -0.15) is 5.26 Å². The number of methoxy groups -OCH3 is 1. The summed E-state index contributed by atoms with van der Waals surface area (Å²) in [4.78, 5) is 56.9. The lowest BCUT2D eigenvalue weighted by atomic mass is 10.1. The van der Waals surface area contributed by atoms with Crippen molar-refractivity contribution in [1.82, 2.24) is 4.98 Å². The minimum absolute atomic E-state index is 0.0986. The smallest absolute Gasteiger partial charge is 0.338 e. The van der Waals surface area contributed by atoms with Crippen molar-refractivity contribution in [3.8, 4) is 23.1 Å². The van der Waals surface area contributed by atoms with Gasteiger partial charge in [0.1, 0.15) is 16.8 Å². The lowest BCUT2D eigenvalue weighted by molar-refractivity contribution is -0.121. The van der Waals surface area contributed by atoms with Crippen LogP contribution >= 0.6 is 35.0 Å². The van der Waals surface area contributed by atoms with Crippen LogP contribution in [0.25, 0.3) is 11.3 Å². The lowest BCUT2D eigenvalue weighted by Crippen LogP contribution is -2.31. The summed E-state index contributed by atoms with van der Waals surface area (Å²) in [5, 5.41) is 9.68. The molecule has 1 atom stereocenters. The monoisotopic (exact) mass is 645 g/mol. The molecule has 0 aliphatic carbocycles. The Bertz CT molecular complexity index is 1840. The van der Waals surface area contributed by atoms with Gasteiger partial charge in [0, 0.05) is 22.6 Å². The highest BCUT2D eigenvalue weighted by Gasteiger charge is 2.41. The number of halogens is 2. The van der Waals surface area contributed by atoms with E-state index in [2.05, 4.69) is 11.1 Å². The van der Waals surface area contributed by atoms with Gasteiger partial charge in [-0.3, -0.25) is 14.4 Å². The van der Waals surface area contributed by atoms with E-state index in [-0.39, 0.29) is 33.8 Å². The number of pyridine rings is 1. The summed E-state index contributed by atoms with van der Waals surface area (Å²) >= 11 is 12.9. The zero-order chi connectivity index (χ0) is 31.4. The Kier molecular flexibility index (Phi) is 9.30. The van der Waals surface area contributed by atoms with Gasteiger partial charge in [0.25, 0.3) is 0 Å². The molecule has 0 bridgehead atoms. The van der Waals surface area contributed by atoms with Gasteiger partial charge in [0.2, 0.25) is 17.6 Å². The molecular formula is C32H21Cl2N3O6S. The van der Waals surface area contributed by atoms with Crippen LogP contribution in [0, 0.1) is 11.3 Å². The summed E-state index contributed by atoms with van der Waals surface area (Å²) < 4.78 is 10.4. The first kappa shape index (κ1) is 30.8. The Morgan fingerprint density at radius 1 is 1.05 bits per heavy atom. The van der Waals surface area contributed by atoms with E-state index in [1.165, 1.54) is 42.5 Å². The summed E-state index contributed by atoms with van der Waals surface area (Å²) in [5.41, 5.74) is 2.18. The molecule has 1 aliphatic heterocycles. The molecule has 220 valence electrons. The molecule has 9 nitrogen and oxygen atoms in total. The average Bonchev–Trinajstić information content (AvgIpc) is 3.31.